The van der Waals surface area contributed by atoms with Crippen LogP contribution in [0.25, 0.3) is 0 Å². The standard InChI is InChI=1S/C20H22BrN3O4S/c1-27-11-3-10-22-18(25)13-4-7-15(8-5-13)23-20(29)24-19(26)14-6-9-17(28-2)16(21)12-14/h4-9,12H,3,10-11H2,1-2H3,(H,22,25)(H2,23,24,26,29). The molecule has 0 heterocycles. The fraction of sp³-hybridized carbons (Fsp3) is 0.250. The zero-order valence-corrected chi connectivity index (χ0v) is 18.5. The molecule has 2 amide bonds. The van der Waals surface area contributed by atoms with Gasteiger partial charge in [0.05, 0.1) is 11.6 Å². The highest BCUT2D eigenvalue weighted by Gasteiger charge is 2.11. The molecule has 154 valence electrons. The van der Waals surface area contributed by atoms with Crippen LogP contribution >= 0.6 is 28.1 Å². The van der Waals surface area contributed by atoms with Crippen molar-refractivity contribution in [2.75, 3.05) is 32.7 Å². The van der Waals surface area contributed by atoms with Crippen LogP contribution in [-0.4, -0.2) is 44.3 Å². The van der Waals surface area contributed by atoms with Crippen molar-refractivity contribution in [3.63, 3.8) is 0 Å². The van der Waals surface area contributed by atoms with Crippen LogP contribution in [0.4, 0.5) is 5.69 Å². The molecule has 3 N–H and O–H groups in total. The molecule has 0 atom stereocenters. The lowest BCUT2D eigenvalue weighted by atomic mass is 10.2. The predicted molar refractivity (Wildman–Crippen MR) is 120 cm³/mol. The number of hydrogen-bond acceptors (Lipinski definition) is 5. The Hall–Kier alpha value is -2.49. The van der Waals surface area contributed by atoms with Gasteiger partial charge in [-0.2, -0.15) is 0 Å². The minimum Gasteiger partial charge on any atom is -0.496 e. The summed E-state index contributed by atoms with van der Waals surface area (Å²) in [4.78, 5) is 24.4. The molecule has 0 bridgehead atoms. The van der Waals surface area contributed by atoms with E-state index in [9.17, 15) is 9.59 Å². The number of anilines is 1. The molecule has 0 saturated heterocycles. The summed E-state index contributed by atoms with van der Waals surface area (Å²) in [6.45, 7) is 1.14. The largest absolute Gasteiger partial charge is 0.496 e. The van der Waals surface area contributed by atoms with Gasteiger partial charge in [0.25, 0.3) is 11.8 Å². The highest BCUT2D eigenvalue weighted by atomic mass is 79.9. The number of carbonyl (C=O) groups is 2. The summed E-state index contributed by atoms with van der Waals surface area (Å²) in [5.41, 5.74) is 1.62. The van der Waals surface area contributed by atoms with Crippen LogP contribution in [0.1, 0.15) is 27.1 Å². The molecular formula is C20H22BrN3O4S. The number of nitrogens with one attached hydrogen (secondary N) is 3. The molecule has 29 heavy (non-hydrogen) atoms. The fourth-order valence-electron chi connectivity index (χ4n) is 2.37. The maximum Gasteiger partial charge on any atom is 0.257 e. The van der Waals surface area contributed by atoms with Crippen LogP contribution in [-0.2, 0) is 4.74 Å². The highest BCUT2D eigenvalue weighted by Crippen LogP contribution is 2.25. The Bertz CT molecular complexity index is 875. The second kappa shape index (κ2) is 11.5. The first-order valence-electron chi connectivity index (χ1n) is 8.77. The summed E-state index contributed by atoms with van der Waals surface area (Å²) in [7, 11) is 3.17. The van der Waals surface area contributed by atoms with E-state index in [0.29, 0.717) is 40.2 Å². The molecule has 0 unspecified atom stereocenters. The summed E-state index contributed by atoms with van der Waals surface area (Å²) in [6.07, 6.45) is 0.751. The lowest BCUT2D eigenvalue weighted by Crippen LogP contribution is -2.34. The second-order valence-corrected chi connectivity index (χ2v) is 7.20. The van der Waals surface area contributed by atoms with Crippen LogP contribution in [0.2, 0.25) is 0 Å². The molecular weight excluding hydrogens is 458 g/mol. The SMILES string of the molecule is COCCCNC(=O)c1ccc(NC(=S)NC(=O)c2ccc(OC)c(Br)c2)cc1. The van der Waals surface area contributed by atoms with Crippen molar-refractivity contribution >= 4 is 50.8 Å². The summed E-state index contributed by atoms with van der Waals surface area (Å²) >= 11 is 8.53. The van der Waals surface area contributed by atoms with Gasteiger partial charge in [-0.15, -0.1) is 0 Å². The van der Waals surface area contributed by atoms with E-state index in [1.165, 1.54) is 0 Å². The Balaban J connectivity index is 1.88. The third-order valence-corrected chi connectivity index (χ3v) is 4.68. The Labute approximate surface area is 183 Å². The van der Waals surface area contributed by atoms with E-state index in [2.05, 4.69) is 31.9 Å². The van der Waals surface area contributed by atoms with Gasteiger partial charge in [0, 0.05) is 37.1 Å². The van der Waals surface area contributed by atoms with Crippen molar-refractivity contribution in [1.82, 2.24) is 10.6 Å². The number of amides is 2. The molecule has 0 radical (unpaired) electrons. The number of rotatable bonds is 8. The summed E-state index contributed by atoms with van der Waals surface area (Å²) in [6, 6.07) is 11.8. The van der Waals surface area contributed by atoms with Gasteiger partial charge in [-0.1, -0.05) is 0 Å². The van der Waals surface area contributed by atoms with Gasteiger partial charge in [0.1, 0.15) is 5.75 Å². The van der Waals surface area contributed by atoms with Crippen molar-refractivity contribution in [3.8, 4) is 5.75 Å². The number of hydrogen-bond donors (Lipinski definition) is 3. The van der Waals surface area contributed by atoms with E-state index >= 15 is 0 Å². The van der Waals surface area contributed by atoms with E-state index in [-0.39, 0.29) is 16.9 Å². The molecule has 7 nitrogen and oxygen atoms in total. The van der Waals surface area contributed by atoms with Crippen LogP contribution in [0.15, 0.2) is 46.9 Å². The molecule has 0 aromatic heterocycles. The Kier molecular flexibility index (Phi) is 9.04. The quantitative estimate of drug-likeness (QED) is 0.397. The van der Waals surface area contributed by atoms with Crippen molar-refractivity contribution < 1.29 is 19.1 Å². The van der Waals surface area contributed by atoms with Crippen LogP contribution in [0.5, 0.6) is 5.75 Å². The van der Waals surface area contributed by atoms with E-state index in [0.717, 1.165) is 6.42 Å². The van der Waals surface area contributed by atoms with Gasteiger partial charge in [0.2, 0.25) is 0 Å². The van der Waals surface area contributed by atoms with Gasteiger partial charge in [0.15, 0.2) is 5.11 Å². The normalized spacial score (nSPS) is 10.2. The summed E-state index contributed by atoms with van der Waals surface area (Å²) < 4.78 is 10.8. The predicted octanol–water partition coefficient (Wildman–Crippen LogP) is 3.35. The lowest BCUT2D eigenvalue weighted by Gasteiger charge is -2.11. The van der Waals surface area contributed by atoms with Gasteiger partial charge < -0.3 is 20.1 Å². The van der Waals surface area contributed by atoms with Crippen LogP contribution < -0.4 is 20.7 Å². The molecule has 0 saturated carbocycles. The van der Waals surface area contributed by atoms with Crippen molar-refractivity contribution in [1.29, 1.82) is 0 Å². The van der Waals surface area contributed by atoms with Crippen LogP contribution in [0, 0.1) is 0 Å². The maximum atomic E-state index is 12.3. The molecule has 0 aliphatic carbocycles. The number of carbonyl (C=O) groups excluding carboxylic acids is 2. The first-order chi connectivity index (χ1) is 13.9. The van der Waals surface area contributed by atoms with E-state index in [1.807, 2.05) is 0 Å². The van der Waals surface area contributed by atoms with Gasteiger partial charge in [-0.25, -0.2) is 0 Å². The Morgan fingerprint density at radius 2 is 1.72 bits per heavy atom. The first-order valence-corrected chi connectivity index (χ1v) is 9.97. The minimum atomic E-state index is -0.349. The van der Waals surface area contributed by atoms with E-state index < -0.39 is 0 Å². The number of ether oxygens (including phenoxy) is 2. The highest BCUT2D eigenvalue weighted by molar-refractivity contribution is 9.10. The monoisotopic (exact) mass is 479 g/mol. The topological polar surface area (TPSA) is 88.7 Å². The van der Waals surface area contributed by atoms with E-state index in [1.54, 1.807) is 56.7 Å². The first kappa shape index (κ1) is 22.8. The molecule has 0 aliphatic rings. The van der Waals surface area contributed by atoms with Gasteiger partial charge in [-0.3, -0.25) is 14.9 Å². The average molecular weight is 480 g/mol. The second-order valence-electron chi connectivity index (χ2n) is 5.94. The van der Waals surface area contributed by atoms with Gasteiger partial charge >= 0.3 is 0 Å². The molecule has 0 fully saturated rings. The molecule has 0 spiro atoms. The molecule has 2 rings (SSSR count). The van der Waals surface area contributed by atoms with Crippen molar-refractivity contribution in [2.24, 2.45) is 0 Å². The zero-order valence-electron chi connectivity index (χ0n) is 16.1. The molecule has 0 aliphatic heterocycles. The molecule has 2 aromatic carbocycles. The molecule has 2 aromatic rings. The van der Waals surface area contributed by atoms with Gasteiger partial charge in [-0.05, 0) is 77.0 Å². The maximum absolute atomic E-state index is 12.3. The third-order valence-electron chi connectivity index (χ3n) is 3.86. The number of methoxy groups -OCH3 is 2. The minimum absolute atomic E-state index is 0.152. The zero-order chi connectivity index (χ0) is 21.2. The summed E-state index contributed by atoms with van der Waals surface area (Å²) in [5, 5.41) is 8.50. The lowest BCUT2D eigenvalue weighted by molar-refractivity contribution is 0.0946. The molecule has 9 heteroatoms. The number of thiocarbonyl (C=S) groups is 1. The Morgan fingerprint density at radius 3 is 2.34 bits per heavy atom. The average Bonchev–Trinajstić information content (AvgIpc) is 2.71. The van der Waals surface area contributed by atoms with Crippen LogP contribution in [0.3, 0.4) is 0 Å². The smallest absolute Gasteiger partial charge is 0.257 e. The van der Waals surface area contributed by atoms with E-state index in [4.69, 9.17) is 21.7 Å². The summed E-state index contributed by atoms with van der Waals surface area (Å²) in [5.74, 6) is 0.122. The Morgan fingerprint density at radius 1 is 1.03 bits per heavy atom. The fourth-order valence-corrected chi connectivity index (χ4v) is 3.12. The number of benzene rings is 2. The van der Waals surface area contributed by atoms with Crippen molar-refractivity contribution in [3.05, 3.63) is 58.1 Å². The van der Waals surface area contributed by atoms with Crippen molar-refractivity contribution in [2.45, 2.75) is 6.42 Å². The number of halogens is 1. The third kappa shape index (κ3) is 7.12.